The van der Waals surface area contributed by atoms with Crippen molar-refractivity contribution in [2.75, 3.05) is 5.75 Å². The summed E-state index contributed by atoms with van der Waals surface area (Å²) >= 11 is 1.58. The lowest BCUT2D eigenvalue weighted by molar-refractivity contribution is 0.489. The standard InChI is InChI=1S/C8H8N2OS/c1-2-12-8-10-7-6(11-8)4-3-5-9-7/h3-5H,2H2,1H3. The topological polar surface area (TPSA) is 38.9 Å². The zero-order valence-corrected chi connectivity index (χ0v) is 7.47. The van der Waals surface area contributed by atoms with Crippen LogP contribution in [0.3, 0.4) is 0 Å². The Balaban J connectivity index is 2.47. The Morgan fingerprint density at radius 1 is 1.58 bits per heavy atom. The van der Waals surface area contributed by atoms with Gasteiger partial charge < -0.3 is 4.42 Å². The van der Waals surface area contributed by atoms with Gasteiger partial charge in [-0.25, -0.2) is 4.98 Å². The van der Waals surface area contributed by atoms with Crippen LogP contribution in [0.1, 0.15) is 6.92 Å². The van der Waals surface area contributed by atoms with Gasteiger partial charge in [0.15, 0.2) is 11.2 Å². The van der Waals surface area contributed by atoms with Crippen molar-refractivity contribution in [1.82, 2.24) is 9.97 Å². The van der Waals surface area contributed by atoms with Gasteiger partial charge in [0.2, 0.25) is 0 Å². The molecule has 2 aromatic rings. The Hall–Kier alpha value is -1.03. The number of nitrogens with zero attached hydrogens (tertiary/aromatic N) is 2. The van der Waals surface area contributed by atoms with E-state index in [2.05, 4.69) is 16.9 Å². The number of oxazole rings is 1. The largest absolute Gasteiger partial charge is 0.430 e. The van der Waals surface area contributed by atoms with Crippen LogP contribution < -0.4 is 0 Å². The summed E-state index contributed by atoms with van der Waals surface area (Å²) in [4.78, 5) is 8.25. The second-order valence-electron chi connectivity index (χ2n) is 2.24. The highest BCUT2D eigenvalue weighted by Crippen LogP contribution is 2.20. The highest BCUT2D eigenvalue weighted by molar-refractivity contribution is 7.99. The van der Waals surface area contributed by atoms with Crippen molar-refractivity contribution >= 4 is 23.0 Å². The molecule has 2 aromatic heterocycles. The summed E-state index contributed by atoms with van der Waals surface area (Å²) < 4.78 is 5.40. The molecule has 0 N–H and O–H groups in total. The predicted molar refractivity (Wildman–Crippen MR) is 48.2 cm³/mol. The monoisotopic (exact) mass is 180 g/mol. The van der Waals surface area contributed by atoms with E-state index in [0.717, 1.165) is 11.3 Å². The summed E-state index contributed by atoms with van der Waals surface area (Å²) in [5.41, 5.74) is 1.45. The van der Waals surface area contributed by atoms with Crippen LogP contribution in [0, 0.1) is 0 Å². The first-order valence-electron chi connectivity index (χ1n) is 3.74. The number of pyridine rings is 1. The molecule has 0 aliphatic heterocycles. The van der Waals surface area contributed by atoms with E-state index in [9.17, 15) is 0 Å². The minimum atomic E-state index is 0.688. The molecule has 0 saturated heterocycles. The second kappa shape index (κ2) is 3.15. The van der Waals surface area contributed by atoms with Crippen LogP contribution in [-0.2, 0) is 0 Å². The van der Waals surface area contributed by atoms with Crippen LogP contribution >= 0.6 is 11.8 Å². The third-order valence-corrected chi connectivity index (χ3v) is 2.12. The maximum atomic E-state index is 5.40. The van der Waals surface area contributed by atoms with Crippen molar-refractivity contribution in [3.05, 3.63) is 18.3 Å². The van der Waals surface area contributed by atoms with Crippen molar-refractivity contribution in [2.45, 2.75) is 12.1 Å². The minimum absolute atomic E-state index is 0.688. The molecule has 62 valence electrons. The van der Waals surface area contributed by atoms with Gasteiger partial charge in [0.1, 0.15) is 0 Å². The lowest BCUT2D eigenvalue weighted by Gasteiger charge is -1.84. The summed E-state index contributed by atoms with van der Waals surface area (Å²) in [6, 6.07) is 3.71. The lowest BCUT2D eigenvalue weighted by atomic mass is 10.5. The Kier molecular flexibility index (Phi) is 1.99. The van der Waals surface area contributed by atoms with Gasteiger partial charge in [-0.3, -0.25) is 0 Å². The molecule has 0 saturated carbocycles. The SMILES string of the molecule is CCSc1nc2ncccc2o1. The molecular formula is C8H8N2OS. The highest BCUT2D eigenvalue weighted by Gasteiger charge is 2.04. The molecule has 0 aromatic carbocycles. The summed E-state index contributed by atoms with van der Waals surface area (Å²) in [5, 5.41) is 0.700. The maximum absolute atomic E-state index is 5.40. The molecule has 0 amide bonds. The molecular weight excluding hydrogens is 172 g/mol. The van der Waals surface area contributed by atoms with E-state index in [1.54, 1.807) is 18.0 Å². The van der Waals surface area contributed by atoms with Crippen LogP contribution in [0.2, 0.25) is 0 Å². The van der Waals surface area contributed by atoms with Gasteiger partial charge in [-0.15, -0.1) is 0 Å². The average Bonchev–Trinajstić information content (AvgIpc) is 2.47. The first-order chi connectivity index (χ1) is 5.90. The van der Waals surface area contributed by atoms with Crippen molar-refractivity contribution in [3.63, 3.8) is 0 Å². The molecule has 2 heterocycles. The van der Waals surface area contributed by atoms with Crippen molar-refractivity contribution in [3.8, 4) is 0 Å². The van der Waals surface area contributed by atoms with Crippen molar-refractivity contribution in [2.24, 2.45) is 0 Å². The van der Waals surface area contributed by atoms with E-state index in [1.165, 1.54) is 0 Å². The zero-order valence-electron chi connectivity index (χ0n) is 6.65. The smallest absolute Gasteiger partial charge is 0.258 e. The Morgan fingerprint density at radius 2 is 2.50 bits per heavy atom. The molecule has 2 rings (SSSR count). The highest BCUT2D eigenvalue weighted by atomic mass is 32.2. The number of thioether (sulfide) groups is 1. The molecule has 3 nitrogen and oxygen atoms in total. The molecule has 12 heavy (non-hydrogen) atoms. The molecule has 4 heteroatoms. The fourth-order valence-corrected chi connectivity index (χ4v) is 1.48. The molecule has 0 atom stereocenters. The van der Waals surface area contributed by atoms with Crippen LogP contribution in [0.25, 0.3) is 11.2 Å². The van der Waals surface area contributed by atoms with Gasteiger partial charge in [0.05, 0.1) is 0 Å². The summed E-state index contributed by atoms with van der Waals surface area (Å²) in [7, 11) is 0. The number of hydrogen-bond acceptors (Lipinski definition) is 4. The van der Waals surface area contributed by atoms with Gasteiger partial charge in [0.25, 0.3) is 5.22 Å². The van der Waals surface area contributed by atoms with E-state index in [1.807, 2.05) is 12.1 Å². The van der Waals surface area contributed by atoms with Crippen molar-refractivity contribution < 1.29 is 4.42 Å². The normalized spacial score (nSPS) is 10.8. The summed E-state index contributed by atoms with van der Waals surface area (Å²) in [5.74, 6) is 0.965. The molecule has 0 fully saturated rings. The lowest BCUT2D eigenvalue weighted by Crippen LogP contribution is -1.73. The Bertz CT molecular complexity index is 352. The van der Waals surface area contributed by atoms with E-state index in [0.29, 0.717) is 10.9 Å². The van der Waals surface area contributed by atoms with E-state index >= 15 is 0 Å². The third kappa shape index (κ3) is 1.30. The number of hydrogen-bond donors (Lipinski definition) is 0. The van der Waals surface area contributed by atoms with Crippen LogP contribution in [0.15, 0.2) is 28.0 Å². The fourth-order valence-electron chi connectivity index (χ4n) is 0.934. The van der Waals surface area contributed by atoms with Gasteiger partial charge >= 0.3 is 0 Å². The first-order valence-corrected chi connectivity index (χ1v) is 4.73. The quantitative estimate of drug-likeness (QED) is 0.665. The Morgan fingerprint density at radius 3 is 3.25 bits per heavy atom. The molecule has 0 aliphatic carbocycles. The van der Waals surface area contributed by atoms with Gasteiger partial charge in [0, 0.05) is 6.20 Å². The second-order valence-corrected chi connectivity index (χ2v) is 3.45. The maximum Gasteiger partial charge on any atom is 0.258 e. The third-order valence-electron chi connectivity index (χ3n) is 1.41. The van der Waals surface area contributed by atoms with E-state index in [4.69, 9.17) is 4.42 Å². The molecule has 0 radical (unpaired) electrons. The summed E-state index contributed by atoms with van der Waals surface area (Å²) in [6.45, 7) is 2.06. The minimum Gasteiger partial charge on any atom is -0.430 e. The molecule has 0 unspecified atom stereocenters. The van der Waals surface area contributed by atoms with Gasteiger partial charge in [-0.1, -0.05) is 18.7 Å². The van der Waals surface area contributed by atoms with Crippen LogP contribution in [0.5, 0.6) is 0 Å². The van der Waals surface area contributed by atoms with Crippen molar-refractivity contribution in [1.29, 1.82) is 0 Å². The van der Waals surface area contributed by atoms with Gasteiger partial charge in [-0.2, -0.15) is 4.98 Å². The van der Waals surface area contributed by atoms with E-state index in [-0.39, 0.29) is 0 Å². The molecule has 0 aliphatic rings. The Labute approximate surface area is 74.2 Å². The number of fused-ring (bicyclic) bond motifs is 1. The zero-order chi connectivity index (χ0) is 8.39. The molecule has 0 bridgehead atoms. The first kappa shape index (κ1) is 7.61. The summed E-state index contributed by atoms with van der Waals surface area (Å²) in [6.07, 6.45) is 1.71. The van der Waals surface area contributed by atoms with Gasteiger partial charge in [-0.05, 0) is 17.9 Å². The predicted octanol–water partition coefficient (Wildman–Crippen LogP) is 2.33. The number of aromatic nitrogens is 2. The van der Waals surface area contributed by atoms with Crippen LogP contribution in [0.4, 0.5) is 0 Å². The number of rotatable bonds is 2. The molecule has 0 spiro atoms. The van der Waals surface area contributed by atoms with E-state index < -0.39 is 0 Å². The average molecular weight is 180 g/mol. The fraction of sp³-hybridized carbons (Fsp3) is 0.250. The van der Waals surface area contributed by atoms with Crippen LogP contribution in [-0.4, -0.2) is 15.7 Å².